The zero-order valence-electron chi connectivity index (χ0n) is 8.94. The topological polar surface area (TPSA) is 85.4 Å². The molecule has 15 heavy (non-hydrogen) atoms. The predicted octanol–water partition coefficient (Wildman–Crippen LogP) is 1.49. The summed E-state index contributed by atoms with van der Waals surface area (Å²) in [6, 6.07) is 1.38. The highest BCUT2D eigenvalue weighted by Gasteiger charge is 2.17. The van der Waals surface area contributed by atoms with Gasteiger partial charge < -0.3 is 15.6 Å². The lowest BCUT2D eigenvalue weighted by molar-refractivity contribution is 0.0692. The van der Waals surface area contributed by atoms with E-state index in [1.54, 1.807) is 0 Å². The first-order chi connectivity index (χ1) is 6.97. The lowest BCUT2D eigenvalue weighted by Crippen LogP contribution is -2.08. The number of nitrogen functional groups attached to an aromatic ring is 1. The summed E-state index contributed by atoms with van der Waals surface area (Å²) in [5.41, 5.74) is 6.72. The highest BCUT2D eigenvalue weighted by molar-refractivity contribution is 5.91. The number of methoxy groups -OCH3 is 1. The van der Waals surface area contributed by atoms with E-state index in [0.717, 1.165) is 0 Å². The molecule has 5 nitrogen and oxygen atoms in total. The highest BCUT2D eigenvalue weighted by Crippen LogP contribution is 2.26. The summed E-state index contributed by atoms with van der Waals surface area (Å²) in [7, 11) is 1.38. The summed E-state index contributed by atoms with van der Waals surface area (Å²) in [5, 5.41) is 8.88. The van der Waals surface area contributed by atoms with Crippen LogP contribution in [0.3, 0.4) is 0 Å². The molecule has 0 fully saturated rings. The van der Waals surface area contributed by atoms with E-state index in [1.807, 2.05) is 13.8 Å². The molecule has 0 amide bonds. The number of nitrogens with zero attached hydrogens (tertiary/aromatic N) is 1. The first kappa shape index (κ1) is 11.3. The quantitative estimate of drug-likeness (QED) is 0.789. The van der Waals surface area contributed by atoms with Crippen molar-refractivity contribution in [2.75, 3.05) is 12.8 Å². The maximum absolute atomic E-state index is 10.8. The van der Waals surface area contributed by atoms with Gasteiger partial charge in [0, 0.05) is 0 Å². The van der Waals surface area contributed by atoms with Crippen LogP contribution >= 0.6 is 0 Å². The first-order valence-electron chi connectivity index (χ1n) is 4.55. The number of anilines is 1. The van der Waals surface area contributed by atoms with Crippen molar-refractivity contribution in [1.82, 2.24) is 4.98 Å². The van der Waals surface area contributed by atoms with E-state index < -0.39 is 5.97 Å². The zero-order chi connectivity index (χ0) is 11.6. The van der Waals surface area contributed by atoms with Gasteiger partial charge in [0.05, 0.1) is 18.5 Å². The summed E-state index contributed by atoms with van der Waals surface area (Å²) in [5.74, 6) is -0.872. The van der Waals surface area contributed by atoms with Crippen molar-refractivity contribution in [3.8, 4) is 5.88 Å². The molecule has 1 aromatic heterocycles. The molecule has 0 aliphatic heterocycles. The molecule has 0 aliphatic carbocycles. The number of ether oxygens (including phenoxy) is 1. The van der Waals surface area contributed by atoms with E-state index in [0.29, 0.717) is 11.4 Å². The number of carboxylic acids is 1. The number of pyridine rings is 1. The SMILES string of the molecule is COc1nc(C(C)C)c(N)cc1C(=O)O. The van der Waals surface area contributed by atoms with Crippen molar-refractivity contribution in [3.63, 3.8) is 0 Å². The second-order valence-electron chi connectivity index (χ2n) is 3.48. The fourth-order valence-electron chi connectivity index (χ4n) is 1.30. The monoisotopic (exact) mass is 210 g/mol. The van der Waals surface area contributed by atoms with Gasteiger partial charge in [0.25, 0.3) is 0 Å². The molecule has 0 atom stereocenters. The molecule has 0 aliphatic rings. The van der Waals surface area contributed by atoms with Gasteiger partial charge in [0.15, 0.2) is 0 Å². The minimum absolute atomic E-state index is 0.0144. The van der Waals surface area contributed by atoms with E-state index in [2.05, 4.69) is 4.98 Å². The molecule has 82 valence electrons. The van der Waals surface area contributed by atoms with Crippen molar-refractivity contribution in [2.45, 2.75) is 19.8 Å². The highest BCUT2D eigenvalue weighted by atomic mass is 16.5. The zero-order valence-corrected chi connectivity index (χ0v) is 8.94. The van der Waals surface area contributed by atoms with Crippen LogP contribution in [-0.4, -0.2) is 23.2 Å². The van der Waals surface area contributed by atoms with Crippen molar-refractivity contribution in [1.29, 1.82) is 0 Å². The number of aromatic nitrogens is 1. The van der Waals surface area contributed by atoms with Crippen molar-refractivity contribution < 1.29 is 14.6 Å². The van der Waals surface area contributed by atoms with Gasteiger partial charge in [-0.25, -0.2) is 9.78 Å². The largest absolute Gasteiger partial charge is 0.480 e. The molecule has 0 saturated carbocycles. The van der Waals surface area contributed by atoms with Crippen LogP contribution in [0.2, 0.25) is 0 Å². The van der Waals surface area contributed by atoms with Crippen molar-refractivity contribution in [2.24, 2.45) is 0 Å². The molecule has 5 heteroatoms. The molecule has 0 unspecified atom stereocenters. The number of hydrogen-bond acceptors (Lipinski definition) is 4. The molecular weight excluding hydrogens is 196 g/mol. The van der Waals surface area contributed by atoms with E-state index >= 15 is 0 Å². The fraction of sp³-hybridized carbons (Fsp3) is 0.400. The number of rotatable bonds is 3. The van der Waals surface area contributed by atoms with Gasteiger partial charge in [0.1, 0.15) is 5.56 Å². The van der Waals surface area contributed by atoms with Gasteiger partial charge in [-0.15, -0.1) is 0 Å². The smallest absolute Gasteiger partial charge is 0.341 e. The Morgan fingerprint density at radius 3 is 2.60 bits per heavy atom. The number of aromatic carboxylic acids is 1. The normalized spacial score (nSPS) is 10.4. The van der Waals surface area contributed by atoms with Gasteiger partial charge >= 0.3 is 5.97 Å². The Hall–Kier alpha value is -1.78. The van der Waals surface area contributed by atoms with Crippen LogP contribution in [0.25, 0.3) is 0 Å². The first-order valence-corrected chi connectivity index (χ1v) is 4.55. The van der Waals surface area contributed by atoms with Crippen LogP contribution in [0.4, 0.5) is 5.69 Å². The number of carboxylic acid groups (broad SMARTS) is 1. The van der Waals surface area contributed by atoms with E-state index in [1.165, 1.54) is 13.2 Å². The summed E-state index contributed by atoms with van der Waals surface area (Å²) in [6.45, 7) is 3.86. The average molecular weight is 210 g/mol. The number of nitrogens with two attached hydrogens (primary N) is 1. The van der Waals surface area contributed by atoms with Crippen LogP contribution in [0, 0.1) is 0 Å². The lowest BCUT2D eigenvalue weighted by Gasteiger charge is -2.11. The molecule has 1 heterocycles. The number of hydrogen-bond donors (Lipinski definition) is 2. The van der Waals surface area contributed by atoms with E-state index in [4.69, 9.17) is 15.6 Å². The van der Waals surface area contributed by atoms with Crippen LogP contribution in [-0.2, 0) is 0 Å². The van der Waals surface area contributed by atoms with Crippen LogP contribution in [0.1, 0.15) is 35.8 Å². The lowest BCUT2D eigenvalue weighted by atomic mass is 10.1. The Bertz CT molecular complexity index is 388. The molecule has 0 bridgehead atoms. The molecule has 0 saturated heterocycles. The second-order valence-corrected chi connectivity index (χ2v) is 3.48. The van der Waals surface area contributed by atoms with E-state index in [-0.39, 0.29) is 17.4 Å². The molecule has 0 aromatic carbocycles. The second kappa shape index (κ2) is 4.16. The Labute approximate surface area is 87.9 Å². The summed E-state index contributed by atoms with van der Waals surface area (Å²) in [6.07, 6.45) is 0. The molecular formula is C10H14N2O3. The Balaban J connectivity index is 3.35. The molecule has 0 radical (unpaired) electrons. The Morgan fingerprint density at radius 1 is 1.60 bits per heavy atom. The van der Waals surface area contributed by atoms with Gasteiger partial charge in [-0.1, -0.05) is 13.8 Å². The third-order valence-corrected chi connectivity index (χ3v) is 2.02. The summed E-state index contributed by atoms with van der Waals surface area (Å²) >= 11 is 0. The average Bonchev–Trinajstić information content (AvgIpc) is 2.16. The molecule has 1 rings (SSSR count). The summed E-state index contributed by atoms with van der Waals surface area (Å²) < 4.78 is 4.90. The van der Waals surface area contributed by atoms with Crippen LogP contribution < -0.4 is 10.5 Å². The number of carbonyl (C=O) groups is 1. The molecule has 0 spiro atoms. The van der Waals surface area contributed by atoms with Gasteiger partial charge in [-0.05, 0) is 12.0 Å². The third-order valence-electron chi connectivity index (χ3n) is 2.02. The Morgan fingerprint density at radius 2 is 2.20 bits per heavy atom. The minimum Gasteiger partial charge on any atom is -0.480 e. The maximum atomic E-state index is 10.8. The maximum Gasteiger partial charge on any atom is 0.341 e. The van der Waals surface area contributed by atoms with E-state index in [9.17, 15) is 4.79 Å². The standard InChI is InChI=1S/C10H14N2O3/c1-5(2)8-7(11)4-6(10(13)14)9(12-8)15-3/h4-5H,11H2,1-3H3,(H,13,14). The third kappa shape index (κ3) is 2.18. The van der Waals surface area contributed by atoms with Gasteiger partial charge in [0.2, 0.25) is 5.88 Å². The van der Waals surface area contributed by atoms with Gasteiger partial charge in [-0.3, -0.25) is 0 Å². The molecule has 3 N–H and O–H groups in total. The fourth-order valence-corrected chi connectivity index (χ4v) is 1.30. The van der Waals surface area contributed by atoms with Crippen LogP contribution in [0.15, 0.2) is 6.07 Å². The summed E-state index contributed by atoms with van der Waals surface area (Å²) in [4.78, 5) is 14.9. The van der Waals surface area contributed by atoms with Gasteiger partial charge in [-0.2, -0.15) is 0 Å². The minimum atomic E-state index is -1.10. The van der Waals surface area contributed by atoms with Crippen molar-refractivity contribution >= 4 is 11.7 Å². The predicted molar refractivity (Wildman–Crippen MR) is 56.2 cm³/mol. The molecule has 1 aromatic rings. The Kier molecular flexibility index (Phi) is 3.14. The van der Waals surface area contributed by atoms with Crippen LogP contribution in [0.5, 0.6) is 5.88 Å². The van der Waals surface area contributed by atoms with Crippen molar-refractivity contribution in [3.05, 3.63) is 17.3 Å².